The largest absolute Gasteiger partial charge is 0.314 e. The minimum Gasteiger partial charge on any atom is -0.314 e. The smallest absolute Gasteiger partial charge is 0.182 e. The molecule has 1 aliphatic heterocycles. The Labute approximate surface area is 324 Å². The highest BCUT2D eigenvalue weighted by atomic mass is 31.2. The number of benzene rings is 8. The molecule has 0 amide bonds. The first-order valence-corrected chi connectivity index (χ1v) is 21.1. The van der Waals surface area contributed by atoms with E-state index in [1.807, 2.05) is 41.5 Å². The SMILES string of the molecule is CP1(=O)c2ccccc2-c2cccc(-c3cc(-c4nc5c(-c6ccccc6)cc(-c6ccccc6)cn5n4)cc(-c4cc5ccccc5c5ccccc45)c3)c21. The van der Waals surface area contributed by atoms with Crippen LogP contribution in [-0.2, 0) is 4.57 Å². The zero-order valence-corrected chi connectivity index (χ0v) is 31.5. The Morgan fingerprint density at radius 2 is 1.05 bits per heavy atom. The monoisotopic (exact) mass is 735 g/mol. The van der Waals surface area contributed by atoms with Crippen LogP contribution >= 0.6 is 7.14 Å². The molecule has 1 atom stereocenters. The topological polar surface area (TPSA) is 47.3 Å². The molecular weight excluding hydrogens is 702 g/mol. The van der Waals surface area contributed by atoms with Crippen molar-refractivity contribution in [1.82, 2.24) is 14.6 Å². The lowest BCUT2D eigenvalue weighted by atomic mass is 9.90. The summed E-state index contributed by atoms with van der Waals surface area (Å²) in [6.07, 6.45) is 2.07. The molecule has 4 nitrogen and oxygen atoms in total. The fourth-order valence-corrected chi connectivity index (χ4v) is 11.3. The molecule has 0 saturated heterocycles. The Balaban J connectivity index is 1.19. The third kappa shape index (κ3) is 5.11. The molecule has 1 aliphatic rings. The van der Waals surface area contributed by atoms with Crippen LogP contribution in [-0.4, -0.2) is 21.3 Å². The van der Waals surface area contributed by atoms with E-state index in [1.54, 1.807) is 0 Å². The van der Waals surface area contributed by atoms with Gasteiger partial charge in [0, 0.05) is 33.5 Å². The Bertz CT molecular complexity index is 3240. The van der Waals surface area contributed by atoms with Gasteiger partial charge in [0.1, 0.15) is 7.14 Å². The van der Waals surface area contributed by atoms with Crippen molar-refractivity contribution in [3.63, 3.8) is 0 Å². The summed E-state index contributed by atoms with van der Waals surface area (Å²) in [6, 6.07) is 63.7. The van der Waals surface area contributed by atoms with Gasteiger partial charge in [-0.25, -0.2) is 9.50 Å². The summed E-state index contributed by atoms with van der Waals surface area (Å²) in [5.41, 5.74) is 12.1. The predicted octanol–water partition coefficient (Wildman–Crippen LogP) is 12.3. The maximum atomic E-state index is 14.9. The normalized spacial score (nSPS) is 14.7. The fraction of sp³-hybridized carbons (Fsp3) is 0.0196. The molecule has 0 bridgehead atoms. The van der Waals surface area contributed by atoms with Gasteiger partial charge in [-0.05, 0) is 103 Å². The van der Waals surface area contributed by atoms with E-state index >= 15 is 0 Å². The van der Waals surface area contributed by atoms with Crippen molar-refractivity contribution >= 4 is 44.9 Å². The summed E-state index contributed by atoms with van der Waals surface area (Å²) in [7, 11) is -2.91. The summed E-state index contributed by atoms with van der Waals surface area (Å²) in [5, 5.41) is 11.8. The average Bonchev–Trinajstić information content (AvgIpc) is 3.80. The van der Waals surface area contributed by atoms with E-state index < -0.39 is 7.14 Å². The molecular formula is C51H34N3OP. The Morgan fingerprint density at radius 3 is 1.86 bits per heavy atom. The van der Waals surface area contributed by atoms with E-state index in [0.717, 1.165) is 77.5 Å². The van der Waals surface area contributed by atoms with Crippen molar-refractivity contribution < 1.29 is 4.57 Å². The van der Waals surface area contributed by atoms with Gasteiger partial charge in [0.05, 0.1) is 0 Å². The van der Waals surface area contributed by atoms with Gasteiger partial charge in [-0.2, -0.15) is 0 Å². The van der Waals surface area contributed by atoms with Gasteiger partial charge in [-0.1, -0.05) is 152 Å². The molecule has 0 radical (unpaired) electrons. The summed E-state index contributed by atoms with van der Waals surface area (Å²) in [5.74, 6) is 0.621. The van der Waals surface area contributed by atoms with Crippen LogP contribution in [0.5, 0.6) is 0 Å². The molecule has 0 N–H and O–H groups in total. The number of hydrogen-bond acceptors (Lipinski definition) is 3. The molecule has 11 rings (SSSR count). The number of fused-ring (bicyclic) bond motifs is 7. The molecule has 0 aliphatic carbocycles. The average molecular weight is 736 g/mol. The Kier molecular flexibility index (Phi) is 7.32. The van der Waals surface area contributed by atoms with Crippen molar-refractivity contribution in [3.8, 4) is 67.0 Å². The molecule has 8 aromatic carbocycles. The molecule has 2 aromatic heterocycles. The second-order valence-electron chi connectivity index (χ2n) is 14.7. The van der Waals surface area contributed by atoms with Gasteiger partial charge < -0.3 is 4.57 Å². The zero-order chi connectivity index (χ0) is 37.4. The van der Waals surface area contributed by atoms with Crippen molar-refractivity contribution in [2.75, 3.05) is 6.66 Å². The first-order chi connectivity index (χ1) is 27.5. The summed E-state index contributed by atoms with van der Waals surface area (Å²) in [6.45, 7) is 1.92. The molecule has 3 heterocycles. The van der Waals surface area contributed by atoms with Crippen molar-refractivity contribution in [1.29, 1.82) is 0 Å². The van der Waals surface area contributed by atoms with E-state index in [4.69, 9.17) is 10.1 Å². The van der Waals surface area contributed by atoms with E-state index in [1.165, 1.54) is 21.5 Å². The molecule has 56 heavy (non-hydrogen) atoms. The lowest BCUT2D eigenvalue weighted by Crippen LogP contribution is -2.11. The number of pyridine rings is 1. The highest BCUT2D eigenvalue weighted by molar-refractivity contribution is 7.79. The van der Waals surface area contributed by atoms with E-state index in [2.05, 4.69) is 158 Å². The molecule has 1 unspecified atom stereocenters. The zero-order valence-electron chi connectivity index (χ0n) is 30.6. The summed E-state index contributed by atoms with van der Waals surface area (Å²) >= 11 is 0. The Hall–Kier alpha value is -6.87. The highest BCUT2D eigenvalue weighted by Gasteiger charge is 2.37. The van der Waals surface area contributed by atoms with Crippen LogP contribution in [0.15, 0.2) is 188 Å². The third-order valence-electron chi connectivity index (χ3n) is 11.3. The predicted molar refractivity (Wildman–Crippen MR) is 233 cm³/mol. The number of hydrogen-bond donors (Lipinski definition) is 0. The first-order valence-electron chi connectivity index (χ1n) is 18.9. The lowest BCUT2D eigenvalue weighted by molar-refractivity contribution is 0.591. The van der Waals surface area contributed by atoms with E-state index in [-0.39, 0.29) is 0 Å². The molecule has 5 heteroatoms. The van der Waals surface area contributed by atoms with Gasteiger partial charge in [0.15, 0.2) is 11.5 Å². The lowest BCUT2D eigenvalue weighted by Gasteiger charge is -2.17. The minimum atomic E-state index is -2.91. The minimum absolute atomic E-state index is 0.621. The van der Waals surface area contributed by atoms with Crippen LogP contribution in [0.1, 0.15) is 0 Å². The second-order valence-corrected chi connectivity index (χ2v) is 17.5. The quantitative estimate of drug-likeness (QED) is 0.131. The van der Waals surface area contributed by atoms with Crippen molar-refractivity contribution in [3.05, 3.63) is 188 Å². The van der Waals surface area contributed by atoms with Gasteiger partial charge in [-0.15, -0.1) is 5.10 Å². The summed E-state index contributed by atoms with van der Waals surface area (Å²) in [4.78, 5) is 5.31. The van der Waals surface area contributed by atoms with Crippen molar-refractivity contribution in [2.45, 2.75) is 0 Å². The van der Waals surface area contributed by atoms with Crippen LogP contribution in [0.4, 0.5) is 0 Å². The third-order valence-corrected chi connectivity index (χ3v) is 14.0. The van der Waals surface area contributed by atoms with E-state index in [0.29, 0.717) is 5.82 Å². The standard InChI is InChI=1S/C51H34N3OP/c1-56(55)48-26-13-12-23-44(48)45-25-14-24-41(49(45)56)36-27-37(46-30-35-19-8-9-20-40(35)42-21-10-11-22-43(42)46)29-38(28-36)50-52-51-47(34-17-6-3-7-18-34)31-39(32-54(51)53-50)33-15-4-2-5-16-33/h2-32H,1H3. The molecule has 0 fully saturated rings. The maximum absolute atomic E-state index is 14.9. The molecule has 0 spiro atoms. The number of nitrogens with zero attached hydrogens (tertiary/aromatic N) is 3. The molecule has 264 valence electrons. The molecule has 0 saturated carbocycles. The van der Waals surface area contributed by atoms with Gasteiger partial charge in [-0.3, -0.25) is 0 Å². The van der Waals surface area contributed by atoms with Crippen LogP contribution in [0.2, 0.25) is 0 Å². The summed E-state index contributed by atoms with van der Waals surface area (Å²) < 4.78 is 16.8. The van der Waals surface area contributed by atoms with Crippen molar-refractivity contribution in [2.24, 2.45) is 0 Å². The van der Waals surface area contributed by atoms with Crippen LogP contribution in [0.3, 0.4) is 0 Å². The highest BCUT2D eigenvalue weighted by Crippen LogP contribution is 2.53. The van der Waals surface area contributed by atoms with Gasteiger partial charge >= 0.3 is 0 Å². The molecule has 10 aromatic rings. The van der Waals surface area contributed by atoms with Crippen LogP contribution in [0.25, 0.3) is 94.2 Å². The van der Waals surface area contributed by atoms with Gasteiger partial charge in [0.25, 0.3) is 0 Å². The second kappa shape index (κ2) is 12.6. The number of rotatable bonds is 5. The maximum Gasteiger partial charge on any atom is 0.182 e. The number of aromatic nitrogens is 3. The van der Waals surface area contributed by atoms with Crippen LogP contribution in [0, 0.1) is 0 Å². The van der Waals surface area contributed by atoms with Gasteiger partial charge in [0.2, 0.25) is 0 Å². The first kappa shape index (κ1) is 32.6. The van der Waals surface area contributed by atoms with E-state index in [9.17, 15) is 4.57 Å². The Morgan fingerprint density at radius 1 is 0.446 bits per heavy atom. The fourth-order valence-electron chi connectivity index (χ4n) is 8.74. The van der Waals surface area contributed by atoms with Crippen LogP contribution < -0.4 is 10.6 Å².